The quantitative estimate of drug-likeness (QED) is 0.890. The van der Waals surface area contributed by atoms with Gasteiger partial charge in [-0.2, -0.15) is 0 Å². The number of carbonyl (C=O) groups excluding carboxylic acids is 1. The van der Waals surface area contributed by atoms with Crippen molar-refractivity contribution in [2.24, 2.45) is 0 Å². The van der Waals surface area contributed by atoms with Gasteiger partial charge in [-0.15, -0.1) is 0 Å². The number of rotatable bonds is 5. The van der Waals surface area contributed by atoms with E-state index in [1.807, 2.05) is 27.9 Å². The van der Waals surface area contributed by atoms with E-state index in [1.165, 1.54) is 12.1 Å². The van der Waals surface area contributed by atoms with Gasteiger partial charge in [-0.25, -0.2) is 4.39 Å². The zero-order valence-corrected chi connectivity index (χ0v) is 13.0. The molecular weight excluding hydrogens is 269 g/mol. The minimum absolute atomic E-state index is 0.0872. The monoisotopic (exact) mass is 291 g/mol. The average Bonchev–Trinajstić information content (AvgIpc) is 2.80. The fourth-order valence-corrected chi connectivity index (χ4v) is 2.32. The number of hydrogen-bond acceptors (Lipinski definition) is 2. The second-order valence-corrected chi connectivity index (χ2v) is 5.83. The molecular formula is C16H22FN3O. The number of halogens is 1. The van der Waals surface area contributed by atoms with Crippen LogP contribution in [-0.2, 0) is 0 Å². The molecule has 1 heterocycles. The van der Waals surface area contributed by atoms with Crippen LogP contribution in [0.2, 0.25) is 0 Å². The van der Waals surface area contributed by atoms with Gasteiger partial charge in [-0.3, -0.25) is 4.79 Å². The summed E-state index contributed by atoms with van der Waals surface area (Å²) in [6, 6.07) is 4.74. The first kappa shape index (κ1) is 15.5. The Morgan fingerprint density at radius 1 is 1.38 bits per heavy atom. The maximum Gasteiger partial charge on any atom is 0.267 e. The molecule has 0 spiro atoms. The van der Waals surface area contributed by atoms with Crippen LogP contribution in [-0.4, -0.2) is 42.5 Å². The maximum absolute atomic E-state index is 13.4. The number of H-pyrrole nitrogens is 1. The fourth-order valence-electron chi connectivity index (χ4n) is 2.32. The van der Waals surface area contributed by atoms with Crippen molar-refractivity contribution in [1.29, 1.82) is 0 Å². The van der Waals surface area contributed by atoms with Gasteiger partial charge in [0.2, 0.25) is 0 Å². The standard InChI is InChI=1S/C16H22FN3O/c1-10-7-12(17)8-14-13(10)9-15(19-14)16(21)18-11(2)5-6-20(3)4/h7-9,11,19H,5-6H2,1-4H3,(H,18,21). The maximum atomic E-state index is 13.4. The lowest BCUT2D eigenvalue weighted by Gasteiger charge is -2.16. The normalized spacial score (nSPS) is 12.9. The highest BCUT2D eigenvalue weighted by atomic mass is 19.1. The molecule has 0 bridgehead atoms. The van der Waals surface area contributed by atoms with Gasteiger partial charge < -0.3 is 15.2 Å². The van der Waals surface area contributed by atoms with Gasteiger partial charge in [0.05, 0.1) is 0 Å². The fraction of sp³-hybridized carbons (Fsp3) is 0.438. The SMILES string of the molecule is Cc1cc(F)cc2[nH]c(C(=O)NC(C)CCN(C)C)cc12. The van der Waals surface area contributed by atoms with E-state index in [0.717, 1.165) is 23.9 Å². The number of aromatic nitrogens is 1. The molecule has 0 aliphatic heterocycles. The molecule has 0 saturated heterocycles. The Balaban J connectivity index is 2.11. The molecule has 0 aliphatic carbocycles. The van der Waals surface area contributed by atoms with E-state index in [4.69, 9.17) is 0 Å². The summed E-state index contributed by atoms with van der Waals surface area (Å²) in [5.74, 6) is -0.453. The number of nitrogens with one attached hydrogen (secondary N) is 2. The Labute approximate surface area is 124 Å². The van der Waals surface area contributed by atoms with E-state index in [1.54, 1.807) is 6.07 Å². The Morgan fingerprint density at radius 2 is 2.10 bits per heavy atom. The summed E-state index contributed by atoms with van der Waals surface area (Å²) in [5, 5.41) is 3.83. The molecule has 0 fully saturated rings. The molecule has 114 valence electrons. The molecule has 4 nitrogen and oxygen atoms in total. The molecule has 0 saturated carbocycles. The van der Waals surface area contributed by atoms with Crippen molar-refractivity contribution >= 4 is 16.8 Å². The molecule has 0 aliphatic rings. The first-order chi connectivity index (χ1) is 9.86. The molecule has 0 radical (unpaired) electrons. The van der Waals surface area contributed by atoms with E-state index >= 15 is 0 Å². The minimum atomic E-state index is -0.298. The van der Waals surface area contributed by atoms with Gasteiger partial charge in [0.15, 0.2) is 0 Å². The predicted molar refractivity (Wildman–Crippen MR) is 83.1 cm³/mol. The van der Waals surface area contributed by atoms with Crippen molar-refractivity contribution in [3.63, 3.8) is 0 Å². The van der Waals surface area contributed by atoms with Crippen molar-refractivity contribution in [3.8, 4) is 0 Å². The van der Waals surface area contributed by atoms with E-state index in [9.17, 15) is 9.18 Å². The highest BCUT2D eigenvalue weighted by Gasteiger charge is 2.14. The van der Waals surface area contributed by atoms with Crippen molar-refractivity contribution in [3.05, 3.63) is 35.3 Å². The third kappa shape index (κ3) is 3.82. The van der Waals surface area contributed by atoms with Crippen LogP contribution < -0.4 is 5.32 Å². The molecule has 2 N–H and O–H groups in total. The summed E-state index contributed by atoms with van der Waals surface area (Å²) in [4.78, 5) is 17.3. The second kappa shape index (κ2) is 6.26. The highest BCUT2D eigenvalue weighted by Crippen LogP contribution is 2.21. The number of nitrogens with zero attached hydrogens (tertiary/aromatic N) is 1. The van der Waals surface area contributed by atoms with Crippen LogP contribution in [0.4, 0.5) is 4.39 Å². The molecule has 21 heavy (non-hydrogen) atoms. The van der Waals surface area contributed by atoms with Gasteiger partial charge in [0.1, 0.15) is 11.5 Å². The Kier molecular flexibility index (Phi) is 4.63. The molecule has 1 unspecified atom stereocenters. The number of carbonyl (C=O) groups is 1. The van der Waals surface area contributed by atoms with Crippen LogP contribution in [0.15, 0.2) is 18.2 Å². The Morgan fingerprint density at radius 3 is 2.76 bits per heavy atom. The lowest BCUT2D eigenvalue weighted by atomic mass is 10.1. The third-order valence-electron chi connectivity index (χ3n) is 3.54. The van der Waals surface area contributed by atoms with Crippen molar-refractivity contribution in [2.45, 2.75) is 26.3 Å². The van der Waals surface area contributed by atoms with Crippen molar-refractivity contribution < 1.29 is 9.18 Å². The molecule has 2 rings (SSSR count). The van der Waals surface area contributed by atoms with Gasteiger partial charge in [-0.1, -0.05) is 0 Å². The largest absolute Gasteiger partial charge is 0.350 e. The Bertz CT molecular complexity index is 648. The van der Waals surface area contributed by atoms with E-state index < -0.39 is 0 Å². The van der Waals surface area contributed by atoms with Crippen LogP contribution in [0.3, 0.4) is 0 Å². The topological polar surface area (TPSA) is 48.1 Å². The summed E-state index contributed by atoms with van der Waals surface area (Å²) < 4.78 is 13.4. The second-order valence-electron chi connectivity index (χ2n) is 5.83. The van der Waals surface area contributed by atoms with E-state index in [-0.39, 0.29) is 17.8 Å². The lowest BCUT2D eigenvalue weighted by molar-refractivity contribution is 0.0932. The minimum Gasteiger partial charge on any atom is -0.350 e. The summed E-state index contributed by atoms with van der Waals surface area (Å²) >= 11 is 0. The molecule has 2 aromatic rings. The van der Waals surface area contributed by atoms with Crippen LogP contribution in [0.5, 0.6) is 0 Å². The number of aryl methyl sites for hydroxylation is 1. The third-order valence-corrected chi connectivity index (χ3v) is 3.54. The lowest BCUT2D eigenvalue weighted by Crippen LogP contribution is -2.34. The van der Waals surface area contributed by atoms with Crippen LogP contribution in [0.25, 0.3) is 10.9 Å². The van der Waals surface area contributed by atoms with Crippen LogP contribution in [0, 0.1) is 12.7 Å². The molecule has 1 aromatic heterocycles. The van der Waals surface area contributed by atoms with E-state index in [2.05, 4.69) is 15.2 Å². The molecule has 1 atom stereocenters. The summed E-state index contributed by atoms with van der Waals surface area (Å²) in [6.07, 6.45) is 0.882. The smallest absolute Gasteiger partial charge is 0.267 e. The zero-order valence-electron chi connectivity index (χ0n) is 13.0. The van der Waals surface area contributed by atoms with E-state index in [0.29, 0.717) is 11.2 Å². The Hall–Kier alpha value is -1.88. The van der Waals surface area contributed by atoms with Gasteiger partial charge in [0, 0.05) is 16.9 Å². The van der Waals surface area contributed by atoms with Gasteiger partial charge >= 0.3 is 0 Å². The number of benzene rings is 1. The first-order valence-electron chi connectivity index (χ1n) is 7.11. The first-order valence-corrected chi connectivity index (χ1v) is 7.11. The number of hydrogen-bond donors (Lipinski definition) is 2. The highest BCUT2D eigenvalue weighted by molar-refractivity contribution is 5.98. The number of fused-ring (bicyclic) bond motifs is 1. The summed E-state index contributed by atoms with van der Waals surface area (Å²) in [5.41, 5.74) is 1.94. The van der Waals surface area contributed by atoms with Crippen LogP contribution in [0.1, 0.15) is 29.4 Å². The number of amides is 1. The van der Waals surface area contributed by atoms with Gasteiger partial charge in [0.25, 0.3) is 5.91 Å². The summed E-state index contributed by atoms with van der Waals surface area (Å²) in [7, 11) is 4.01. The molecule has 1 aromatic carbocycles. The van der Waals surface area contributed by atoms with Crippen molar-refractivity contribution in [2.75, 3.05) is 20.6 Å². The van der Waals surface area contributed by atoms with Crippen LogP contribution >= 0.6 is 0 Å². The zero-order chi connectivity index (χ0) is 15.6. The number of aromatic amines is 1. The molecule has 5 heteroatoms. The van der Waals surface area contributed by atoms with Crippen molar-refractivity contribution in [1.82, 2.24) is 15.2 Å². The molecule has 1 amide bonds. The predicted octanol–water partition coefficient (Wildman–Crippen LogP) is 2.69. The summed E-state index contributed by atoms with van der Waals surface area (Å²) in [6.45, 7) is 4.73. The average molecular weight is 291 g/mol. The van der Waals surface area contributed by atoms with Gasteiger partial charge in [-0.05, 0) is 64.7 Å².